The third-order valence-corrected chi connectivity index (χ3v) is 4.85. The number of nitrogens with zero attached hydrogens (tertiary/aromatic N) is 2. The van der Waals surface area contributed by atoms with Gasteiger partial charge in [0.1, 0.15) is 0 Å². The minimum Gasteiger partial charge on any atom is -0.758 e. The molecule has 146 valence electrons. The van der Waals surface area contributed by atoms with Gasteiger partial charge in [0, 0.05) is 17.2 Å². The van der Waals surface area contributed by atoms with Gasteiger partial charge in [0.2, 0.25) is 11.8 Å². The molecule has 0 amide bonds. The van der Waals surface area contributed by atoms with E-state index in [4.69, 9.17) is 12.6 Å². The van der Waals surface area contributed by atoms with Crippen molar-refractivity contribution in [2.24, 2.45) is 4.99 Å². The van der Waals surface area contributed by atoms with E-state index in [1.54, 1.807) is 35.2 Å². The van der Waals surface area contributed by atoms with Crippen molar-refractivity contribution in [3.63, 3.8) is 0 Å². The molecule has 1 unspecified atom stereocenters. The predicted octanol–water partition coefficient (Wildman–Crippen LogP) is 3.69. The third kappa shape index (κ3) is 5.02. The van der Waals surface area contributed by atoms with Crippen molar-refractivity contribution >= 4 is 23.5 Å². The molecule has 3 rings (SSSR count). The fraction of sp³-hybridized carbons (Fsp3) is 0.125. The first-order valence-corrected chi connectivity index (χ1v) is 9.67. The van der Waals surface area contributed by atoms with E-state index < -0.39 is 6.04 Å². The highest BCUT2D eigenvalue weighted by Gasteiger charge is 2.28. The standard InChI is InChI=1S/C24H22N2O2S/c1-2-14-25-24(29)22(26-15-6-7-18(16-26)17-27)23(28)21-12-10-20(11-13-21)19-8-4-3-5-9-19/h2-13,15-16,22,27H,1,14,17H2. The number of hydrogen-bond donors (Lipinski definition) is 1. The molecule has 0 aliphatic heterocycles. The number of aromatic nitrogens is 1. The minimum atomic E-state index is -0.765. The Morgan fingerprint density at radius 1 is 1.07 bits per heavy atom. The van der Waals surface area contributed by atoms with E-state index in [1.165, 1.54) is 0 Å². The quantitative estimate of drug-likeness (QED) is 0.156. The van der Waals surface area contributed by atoms with Gasteiger partial charge in [-0.15, -0.1) is 6.58 Å². The van der Waals surface area contributed by atoms with Crippen LogP contribution in [0.5, 0.6) is 0 Å². The summed E-state index contributed by atoms with van der Waals surface area (Å²) in [7, 11) is 0. The fourth-order valence-corrected chi connectivity index (χ4v) is 3.33. The molecule has 5 heteroatoms. The van der Waals surface area contributed by atoms with Crippen molar-refractivity contribution in [3.8, 4) is 11.1 Å². The summed E-state index contributed by atoms with van der Waals surface area (Å²) in [4.78, 5) is 17.6. The SMILES string of the molecule is C=CCN=C([S-])C(C(=O)c1ccc(-c2ccccc2)cc1)[n+]1cccc(CO)c1. The average molecular weight is 403 g/mol. The van der Waals surface area contributed by atoms with Gasteiger partial charge in [-0.1, -0.05) is 60.7 Å². The van der Waals surface area contributed by atoms with Crippen LogP contribution in [0.15, 0.2) is 96.8 Å². The maximum atomic E-state index is 13.3. The lowest BCUT2D eigenvalue weighted by Crippen LogP contribution is -2.48. The molecule has 0 aliphatic carbocycles. The van der Waals surface area contributed by atoms with Crippen LogP contribution in [0.1, 0.15) is 22.0 Å². The van der Waals surface area contributed by atoms with Crippen molar-refractivity contribution in [2.75, 3.05) is 6.54 Å². The highest BCUT2D eigenvalue weighted by Crippen LogP contribution is 2.21. The van der Waals surface area contributed by atoms with Gasteiger partial charge in [-0.05, 0) is 22.2 Å². The Labute approximate surface area is 176 Å². The molecule has 0 radical (unpaired) electrons. The Bertz CT molecular complexity index is 1010. The first kappa shape index (κ1) is 20.6. The molecule has 4 nitrogen and oxygen atoms in total. The van der Waals surface area contributed by atoms with Crippen LogP contribution in [0.25, 0.3) is 11.1 Å². The van der Waals surface area contributed by atoms with Crippen molar-refractivity contribution in [3.05, 3.63) is 103 Å². The molecule has 3 aromatic rings. The molecule has 1 N–H and O–H groups in total. The van der Waals surface area contributed by atoms with E-state index in [0.717, 1.165) is 11.1 Å². The second-order valence-corrected chi connectivity index (χ2v) is 6.91. The molecule has 0 fully saturated rings. The molecule has 0 saturated heterocycles. The van der Waals surface area contributed by atoms with Gasteiger partial charge >= 0.3 is 0 Å². The largest absolute Gasteiger partial charge is 0.758 e. The molecule has 1 atom stereocenters. The Balaban J connectivity index is 1.96. The number of aliphatic hydroxyl groups excluding tert-OH is 1. The van der Waals surface area contributed by atoms with Gasteiger partial charge in [0.05, 0.1) is 13.2 Å². The number of hydrogen-bond acceptors (Lipinski definition) is 4. The topological polar surface area (TPSA) is 53.5 Å². The van der Waals surface area contributed by atoms with E-state index >= 15 is 0 Å². The summed E-state index contributed by atoms with van der Waals surface area (Å²) in [6.07, 6.45) is 5.11. The van der Waals surface area contributed by atoms with Crippen LogP contribution in [0, 0.1) is 0 Å². The molecular formula is C24H22N2O2S. The van der Waals surface area contributed by atoms with E-state index in [2.05, 4.69) is 11.6 Å². The highest BCUT2D eigenvalue weighted by atomic mass is 32.1. The van der Waals surface area contributed by atoms with Gasteiger partial charge in [0.25, 0.3) is 0 Å². The summed E-state index contributed by atoms with van der Waals surface area (Å²) in [5, 5.41) is 9.73. The lowest BCUT2D eigenvalue weighted by Gasteiger charge is -2.19. The number of pyridine rings is 1. The molecule has 2 aromatic carbocycles. The zero-order valence-electron chi connectivity index (χ0n) is 15.9. The van der Waals surface area contributed by atoms with E-state index in [-0.39, 0.29) is 17.4 Å². The van der Waals surface area contributed by atoms with Crippen molar-refractivity contribution < 1.29 is 14.5 Å². The van der Waals surface area contributed by atoms with Crippen LogP contribution in [0.2, 0.25) is 0 Å². The first-order chi connectivity index (χ1) is 14.1. The Hall–Kier alpha value is -3.15. The van der Waals surface area contributed by atoms with Crippen LogP contribution >= 0.6 is 0 Å². The monoisotopic (exact) mass is 402 g/mol. The molecule has 1 heterocycles. The molecule has 0 aliphatic rings. The Morgan fingerprint density at radius 2 is 1.76 bits per heavy atom. The molecule has 29 heavy (non-hydrogen) atoms. The number of benzene rings is 2. The number of ketones is 1. The second kappa shape index (κ2) is 9.87. The summed E-state index contributed by atoms with van der Waals surface area (Å²) in [5.41, 5.74) is 3.36. The van der Waals surface area contributed by atoms with E-state index in [1.807, 2.05) is 54.6 Å². The lowest BCUT2D eigenvalue weighted by molar-refractivity contribution is -0.692. The molecule has 0 bridgehead atoms. The number of carbonyl (C=O) groups excluding carboxylic acids is 1. The van der Waals surface area contributed by atoms with Gasteiger partial charge in [0.15, 0.2) is 12.4 Å². The normalized spacial score (nSPS) is 12.4. The number of aliphatic imine (C=N–C) groups is 1. The number of aliphatic hydroxyl groups is 1. The number of Topliss-reactive ketones (excluding diaryl/α,β-unsaturated/α-hetero) is 1. The maximum absolute atomic E-state index is 13.3. The van der Waals surface area contributed by atoms with Crippen LogP contribution in [-0.2, 0) is 19.2 Å². The van der Waals surface area contributed by atoms with E-state index in [0.29, 0.717) is 17.7 Å². The molecule has 0 spiro atoms. The van der Waals surface area contributed by atoms with Gasteiger partial charge in [-0.3, -0.25) is 4.79 Å². The highest BCUT2D eigenvalue weighted by molar-refractivity contribution is 7.77. The minimum absolute atomic E-state index is 0.121. The molecular weight excluding hydrogens is 380 g/mol. The predicted molar refractivity (Wildman–Crippen MR) is 118 cm³/mol. The lowest BCUT2D eigenvalue weighted by atomic mass is 9.99. The summed E-state index contributed by atoms with van der Waals surface area (Å²) >= 11 is 5.46. The molecule has 1 aromatic heterocycles. The maximum Gasteiger partial charge on any atom is 0.237 e. The van der Waals surface area contributed by atoms with Crippen molar-refractivity contribution in [1.29, 1.82) is 0 Å². The van der Waals surface area contributed by atoms with Crippen LogP contribution in [0.3, 0.4) is 0 Å². The number of rotatable bonds is 8. The zero-order valence-corrected chi connectivity index (χ0v) is 16.8. The third-order valence-electron chi connectivity index (χ3n) is 4.50. The first-order valence-electron chi connectivity index (χ1n) is 9.26. The van der Waals surface area contributed by atoms with Gasteiger partial charge in [-0.25, -0.2) is 0 Å². The fourth-order valence-electron chi connectivity index (χ4n) is 3.03. The zero-order chi connectivity index (χ0) is 20.6. The Morgan fingerprint density at radius 3 is 2.41 bits per heavy atom. The van der Waals surface area contributed by atoms with E-state index in [9.17, 15) is 9.90 Å². The summed E-state index contributed by atoms with van der Waals surface area (Å²) in [6, 6.07) is 20.3. The van der Waals surface area contributed by atoms with Crippen LogP contribution in [0.4, 0.5) is 0 Å². The number of carbonyl (C=O) groups is 1. The van der Waals surface area contributed by atoms with Crippen LogP contribution in [-0.4, -0.2) is 22.5 Å². The smallest absolute Gasteiger partial charge is 0.237 e. The summed E-state index contributed by atoms with van der Waals surface area (Å²) in [5.74, 6) is -0.150. The van der Waals surface area contributed by atoms with Crippen LogP contribution < -0.4 is 4.57 Å². The summed E-state index contributed by atoms with van der Waals surface area (Å²) in [6.45, 7) is 3.88. The second-order valence-electron chi connectivity index (χ2n) is 6.50. The Kier molecular flexibility index (Phi) is 7.00. The van der Waals surface area contributed by atoms with Gasteiger partial charge < -0.3 is 22.7 Å². The van der Waals surface area contributed by atoms with Gasteiger partial charge in [-0.2, -0.15) is 4.57 Å². The van der Waals surface area contributed by atoms with Crippen molar-refractivity contribution in [2.45, 2.75) is 12.6 Å². The van der Waals surface area contributed by atoms with Crippen molar-refractivity contribution in [1.82, 2.24) is 0 Å². The summed E-state index contributed by atoms with van der Waals surface area (Å²) < 4.78 is 1.70. The molecule has 0 saturated carbocycles. The average Bonchev–Trinajstić information content (AvgIpc) is 2.78.